The van der Waals surface area contributed by atoms with Crippen LogP contribution in [-0.4, -0.2) is 23.5 Å². The molecule has 4 nitrogen and oxygen atoms in total. The molecule has 1 aromatic rings. The second-order valence-corrected chi connectivity index (χ2v) is 6.21. The Kier molecular flexibility index (Phi) is 6.45. The molecule has 0 unspecified atom stereocenters. The third-order valence-electron chi connectivity index (χ3n) is 2.80. The van der Waals surface area contributed by atoms with Crippen molar-refractivity contribution in [1.82, 2.24) is 5.32 Å². The molecular weight excluding hydrogens is 274 g/mol. The predicted molar refractivity (Wildman–Crippen MR) is 82.1 cm³/mol. The van der Waals surface area contributed by atoms with Gasteiger partial charge in [-0.25, -0.2) is 4.79 Å². The summed E-state index contributed by atoms with van der Waals surface area (Å²) in [6, 6.07) is 1.80. The maximum Gasteiger partial charge on any atom is 0.328 e. The maximum absolute atomic E-state index is 12.0. The first-order chi connectivity index (χ1) is 9.40. The largest absolute Gasteiger partial charge is 0.478 e. The summed E-state index contributed by atoms with van der Waals surface area (Å²) in [7, 11) is 0. The third-order valence-corrected chi connectivity index (χ3v) is 4.00. The van der Waals surface area contributed by atoms with Gasteiger partial charge in [-0.1, -0.05) is 13.8 Å². The van der Waals surface area contributed by atoms with Crippen LogP contribution in [0.4, 0.5) is 0 Å². The monoisotopic (exact) mass is 295 g/mol. The second-order valence-electron chi connectivity index (χ2n) is 5.12. The van der Waals surface area contributed by atoms with Crippen LogP contribution in [0.3, 0.4) is 0 Å². The molecule has 0 spiro atoms. The first kappa shape index (κ1) is 16.4. The predicted octanol–water partition coefficient (Wildman–Crippen LogP) is 3.32. The van der Waals surface area contributed by atoms with E-state index in [1.165, 1.54) is 17.4 Å². The molecule has 2 N–H and O–H groups in total. The minimum absolute atomic E-state index is 0.0863. The fourth-order valence-corrected chi connectivity index (χ4v) is 2.71. The van der Waals surface area contributed by atoms with E-state index in [9.17, 15) is 9.59 Å². The number of carbonyl (C=O) groups excluding carboxylic acids is 1. The highest BCUT2D eigenvalue weighted by Crippen LogP contribution is 2.23. The summed E-state index contributed by atoms with van der Waals surface area (Å²) in [5, 5.41) is 11.5. The minimum Gasteiger partial charge on any atom is -0.478 e. The van der Waals surface area contributed by atoms with Crippen LogP contribution >= 0.6 is 11.3 Å². The van der Waals surface area contributed by atoms with Crippen LogP contribution in [0.5, 0.6) is 0 Å². The summed E-state index contributed by atoms with van der Waals surface area (Å²) in [6.07, 6.45) is 4.68. The van der Waals surface area contributed by atoms with Gasteiger partial charge in [0.25, 0.3) is 5.91 Å². The number of amides is 1. The summed E-state index contributed by atoms with van der Waals surface area (Å²) < 4.78 is 0. The zero-order chi connectivity index (χ0) is 15.1. The lowest BCUT2D eigenvalue weighted by molar-refractivity contribution is -0.131. The standard InChI is InChI=1S/C15H21NO3S/c1-10(2)5-4-8-16-15(19)13-9-11(3)12(20-13)6-7-14(17)18/h6-7,9-10H,4-5,8H2,1-3H3,(H,16,19)(H,17,18)/b7-6+. The van der Waals surface area contributed by atoms with E-state index in [0.29, 0.717) is 17.3 Å². The molecule has 0 fully saturated rings. The van der Waals surface area contributed by atoms with Crippen LogP contribution < -0.4 is 5.32 Å². The first-order valence-electron chi connectivity index (χ1n) is 6.69. The Morgan fingerprint density at radius 1 is 1.45 bits per heavy atom. The second kappa shape index (κ2) is 7.85. The number of hydrogen-bond donors (Lipinski definition) is 2. The van der Waals surface area contributed by atoms with Gasteiger partial charge in [-0.2, -0.15) is 0 Å². The molecule has 0 radical (unpaired) electrons. The van der Waals surface area contributed by atoms with Crippen molar-refractivity contribution in [2.24, 2.45) is 5.92 Å². The van der Waals surface area contributed by atoms with Crippen molar-refractivity contribution in [2.45, 2.75) is 33.6 Å². The van der Waals surface area contributed by atoms with E-state index in [1.54, 1.807) is 6.07 Å². The van der Waals surface area contributed by atoms with Crippen molar-refractivity contribution < 1.29 is 14.7 Å². The van der Waals surface area contributed by atoms with Gasteiger partial charge in [-0.3, -0.25) is 4.79 Å². The van der Waals surface area contributed by atoms with Gasteiger partial charge >= 0.3 is 5.97 Å². The molecule has 0 saturated carbocycles. The van der Waals surface area contributed by atoms with E-state index >= 15 is 0 Å². The smallest absolute Gasteiger partial charge is 0.328 e. The topological polar surface area (TPSA) is 66.4 Å². The number of nitrogens with one attached hydrogen (secondary N) is 1. The van der Waals surface area contributed by atoms with Crippen molar-refractivity contribution in [3.05, 3.63) is 27.5 Å². The third kappa shape index (κ3) is 5.57. The number of hydrogen-bond acceptors (Lipinski definition) is 3. The van der Waals surface area contributed by atoms with Crippen LogP contribution in [-0.2, 0) is 4.79 Å². The number of rotatable bonds is 7. The highest BCUT2D eigenvalue weighted by atomic mass is 32.1. The van der Waals surface area contributed by atoms with E-state index in [1.807, 2.05) is 6.92 Å². The van der Waals surface area contributed by atoms with Crippen molar-refractivity contribution >= 4 is 29.3 Å². The van der Waals surface area contributed by atoms with Crippen molar-refractivity contribution in [1.29, 1.82) is 0 Å². The van der Waals surface area contributed by atoms with Crippen LogP contribution in [0.1, 0.15) is 46.8 Å². The number of carboxylic acids is 1. The summed E-state index contributed by atoms with van der Waals surface area (Å²) in [6.45, 7) is 6.86. The first-order valence-corrected chi connectivity index (χ1v) is 7.51. The molecule has 110 valence electrons. The molecule has 0 aliphatic carbocycles. The Labute approximate surface area is 123 Å². The van der Waals surface area contributed by atoms with E-state index in [-0.39, 0.29) is 5.91 Å². The molecule has 0 atom stereocenters. The maximum atomic E-state index is 12.0. The number of aliphatic carboxylic acids is 1. The Morgan fingerprint density at radius 2 is 2.15 bits per heavy atom. The fourth-order valence-electron chi connectivity index (χ4n) is 1.72. The van der Waals surface area contributed by atoms with Crippen molar-refractivity contribution in [3.8, 4) is 0 Å². The van der Waals surface area contributed by atoms with Gasteiger partial charge in [0.15, 0.2) is 0 Å². The molecule has 1 amide bonds. The van der Waals surface area contributed by atoms with Crippen LogP contribution in [0.2, 0.25) is 0 Å². The average Bonchev–Trinajstić information content (AvgIpc) is 2.73. The molecule has 1 heterocycles. The minimum atomic E-state index is -0.988. The highest BCUT2D eigenvalue weighted by molar-refractivity contribution is 7.15. The molecule has 20 heavy (non-hydrogen) atoms. The Balaban J connectivity index is 2.57. The zero-order valence-corrected chi connectivity index (χ0v) is 12.9. The number of aryl methyl sites for hydroxylation is 1. The molecule has 5 heteroatoms. The molecule has 1 aromatic heterocycles. The molecule has 0 saturated heterocycles. The normalized spacial score (nSPS) is 11.2. The van der Waals surface area contributed by atoms with Gasteiger partial charge in [0.05, 0.1) is 4.88 Å². The number of carbonyl (C=O) groups is 2. The molecule has 0 aliphatic rings. The number of thiophene rings is 1. The molecular formula is C15H21NO3S. The molecule has 1 rings (SSSR count). The molecule has 0 aliphatic heterocycles. The van der Waals surface area contributed by atoms with Gasteiger partial charge < -0.3 is 10.4 Å². The van der Waals surface area contributed by atoms with Crippen molar-refractivity contribution in [3.63, 3.8) is 0 Å². The SMILES string of the molecule is Cc1cc(C(=O)NCCCC(C)C)sc1/C=C/C(=O)O. The summed E-state index contributed by atoms with van der Waals surface area (Å²) in [5.74, 6) is -0.432. The van der Waals surface area contributed by atoms with Gasteiger partial charge in [0.2, 0.25) is 0 Å². The van der Waals surface area contributed by atoms with E-state index in [4.69, 9.17) is 5.11 Å². The van der Waals surface area contributed by atoms with E-state index in [2.05, 4.69) is 19.2 Å². The van der Waals surface area contributed by atoms with Crippen LogP contribution in [0.25, 0.3) is 6.08 Å². The van der Waals surface area contributed by atoms with Crippen LogP contribution in [0.15, 0.2) is 12.1 Å². The van der Waals surface area contributed by atoms with E-state index in [0.717, 1.165) is 29.4 Å². The summed E-state index contributed by atoms with van der Waals surface area (Å²) >= 11 is 1.31. The Morgan fingerprint density at radius 3 is 2.75 bits per heavy atom. The van der Waals surface area contributed by atoms with Gasteiger partial charge in [-0.15, -0.1) is 11.3 Å². The van der Waals surface area contributed by atoms with Crippen LogP contribution in [0, 0.1) is 12.8 Å². The summed E-state index contributed by atoms with van der Waals surface area (Å²) in [4.78, 5) is 23.9. The average molecular weight is 295 g/mol. The Hall–Kier alpha value is -1.62. The van der Waals surface area contributed by atoms with Gasteiger partial charge in [-0.05, 0) is 43.4 Å². The lowest BCUT2D eigenvalue weighted by Crippen LogP contribution is -2.23. The lowest BCUT2D eigenvalue weighted by atomic mass is 10.1. The zero-order valence-electron chi connectivity index (χ0n) is 12.1. The van der Waals surface area contributed by atoms with Gasteiger partial charge in [0.1, 0.15) is 0 Å². The lowest BCUT2D eigenvalue weighted by Gasteiger charge is -2.05. The highest BCUT2D eigenvalue weighted by Gasteiger charge is 2.10. The Bertz CT molecular complexity index is 503. The molecule has 0 bridgehead atoms. The fraction of sp³-hybridized carbons (Fsp3) is 0.467. The van der Waals surface area contributed by atoms with E-state index < -0.39 is 5.97 Å². The summed E-state index contributed by atoms with van der Waals surface area (Å²) in [5.41, 5.74) is 0.917. The number of carboxylic acid groups (broad SMARTS) is 1. The van der Waals surface area contributed by atoms with Gasteiger partial charge in [0, 0.05) is 17.5 Å². The quantitative estimate of drug-likeness (QED) is 0.599. The molecule has 0 aromatic carbocycles. The van der Waals surface area contributed by atoms with Crippen molar-refractivity contribution in [2.75, 3.05) is 6.54 Å².